The van der Waals surface area contributed by atoms with E-state index in [1.165, 1.54) is 51.8 Å². The van der Waals surface area contributed by atoms with Gasteiger partial charge >= 0.3 is 194 Å². The second kappa shape index (κ2) is 11.9. The van der Waals surface area contributed by atoms with Crippen LogP contribution >= 0.6 is 0 Å². The fourth-order valence-electron chi connectivity index (χ4n) is 4.69. The molecule has 3 nitrogen and oxygen atoms in total. The summed E-state index contributed by atoms with van der Waals surface area (Å²) in [4.78, 5) is 4.91. The summed E-state index contributed by atoms with van der Waals surface area (Å²) >= 11 is -2.42. The summed E-state index contributed by atoms with van der Waals surface area (Å²) in [6.07, 6.45) is 12.8. The number of rotatable bonds is 13. The van der Waals surface area contributed by atoms with Crippen LogP contribution in [0.2, 0.25) is 13.3 Å². The first kappa shape index (κ1) is 24.2. The van der Waals surface area contributed by atoms with Crippen LogP contribution in [0.25, 0.3) is 16.9 Å². The number of benzene rings is 1. The summed E-state index contributed by atoms with van der Waals surface area (Å²) in [6.45, 7) is 9.74. The molecule has 0 saturated heterocycles. The van der Waals surface area contributed by atoms with Crippen LogP contribution in [0.1, 0.15) is 66.2 Å². The Bertz CT molecular complexity index is 910. The van der Waals surface area contributed by atoms with Gasteiger partial charge in [0.05, 0.1) is 0 Å². The third-order valence-corrected chi connectivity index (χ3v) is 22.1. The van der Waals surface area contributed by atoms with E-state index in [0.717, 1.165) is 22.7 Å². The van der Waals surface area contributed by atoms with Gasteiger partial charge in [-0.3, -0.25) is 0 Å². The average Bonchev–Trinajstić information content (AvgIpc) is 3.23. The van der Waals surface area contributed by atoms with Crippen LogP contribution in [0, 0.1) is 0 Å². The van der Waals surface area contributed by atoms with Crippen molar-refractivity contribution in [2.45, 2.75) is 79.5 Å². The van der Waals surface area contributed by atoms with Crippen molar-refractivity contribution < 1.29 is 4.74 Å². The SMILES string of the molecule is CCC[CH2][Sn]([CH2]CCC)([CH2]CCC)[c]1ccc2nc(-c3ccc(OCC)cc3)cn2c1. The monoisotopic (exact) mass is 528 g/mol. The van der Waals surface area contributed by atoms with Gasteiger partial charge in [-0.1, -0.05) is 0 Å². The molecule has 0 radical (unpaired) electrons. The van der Waals surface area contributed by atoms with Crippen molar-refractivity contribution in [2.24, 2.45) is 0 Å². The van der Waals surface area contributed by atoms with Gasteiger partial charge in [0, 0.05) is 0 Å². The van der Waals surface area contributed by atoms with Crippen LogP contribution in [-0.2, 0) is 0 Å². The van der Waals surface area contributed by atoms with Crippen LogP contribution in [0.4, 0.5) is 0 Å². The molecular formula is C27H40N2OSn. The quantitative estimate of drug-likeness (QED) is 0.216. The van der Waals surface area contributed by atoms with E-state index in [4.69, 9.17) is 9.72 Å². The Hall–Kier alpha value is -1.49. The van der Waals surface area contributed by atoms with E-state index < -0.39 is 18.4 Å². The summed E-state index contributed by atoms with van der Waals surface area (Å²) in [6, 6.07) is 13.0. The van der Waals surface area contributed by atoms with Crippen LogP contribution in [0.15, 0.2) is 48.8 Å². The van der Waals surface area contributed by atoms with Crippen molar-refractivity contribution >= 4 is 27.6 Å². The number of unbranched alkanes of at least 4 members (excludes halogenated alkanes) is 3. The topological polar surface area (TPSA) is 26.5 Å². The van der Waals surface area contributed by atoms with Gasteiger partial charge in [-0.15, -0.1) is 0 Å². The number of nitrogens with zero attached hydrogens (tertiary/aromatic N) is 2. The third-order valence-electron chi connectivity index (χ3n) is 6.55. The number of fused-ring (bicyclic) bond motifs is 1. The zero-order valence-electron chi connectivity index (χ0n) is 20.0. The Morgan fingerprint density at radius 3 is 1.94 bits per heavy atom. The Kier molecular flexibility index (Phi) is 9.30. The second-order valence-electron chi connectivity index (χ2n) is 8.86. The first-order valence-electron chi connectivity index (χ1n) is 12.4. The molecule has 168 valence electrons. The number of hydrogen-bond acceptors (Lipinski definition) is 2. The van der Waals surface area contributed by atoms with Gasteiger partial charge < -0.3 is 0 Å². The van der Waals surface area contributed by atoms with Crippen LogP contribution in [0.3, 0.4) is 0 Å². The standard InChI is InChI=1S/C15H13N2O.3C4H9.Sn/c1-2-18-13-8-6-12(7-9-13)14-11-17-10-4-3-5-15(17)16-14;3*1-3-4-2;/h3,5-11H,2H2,1H3;3*1,3-4H2,2H3;. The molecule has 0 aliphatic rings. The Morgan fingerprint density at radius 1 is 0.774 bits per heavy atom. The zero-order valence-corrected chi connectivity index (χ0v) is 22.8. The molecule has 3 rings (SSSR count). The van der Waals surface area contributed by atoms with Crippen molar-refractivity contribution in [1.82, 2.24) is 9.38 Å². The van der Waals surface area contributed by atoms with E-state index in [2.05, 4.69) is 61.8 Å². The number of hydrogen-bond donors (Lipinski definition) is 0. The summed E-state index contributed by atoms with van der Waals surface area (Å²) < 4.78 is 14.1. The van der Waals surface area contributed by atoms with E-state index >= 15 is 0 Å². The molecular weight excluding hydrogens is 487 g/mol. The molecule has 0 amide bonds. The van der Waals surface area contributed by atoms with Crippen molar-refractivity contribution in [1.29, 1.82) is 0 Å². The molecule has 0 N–H and O–H groups in total. The van der Waals surface area contributed by atoms with Gasteiger partial charge in [0.1, 0.15) is 0 Å². The molecule has 3 aromatic rings. The number of ether oxygens (including phenoxy) is 1. The van der Waals surface area contributed by atoms with E-state index in [0.29, 0.717) is 6.61 Å². The van der Waals surface area contributed by atoms with Crippen LogP contribution < -0.4 is 8.32 Å². The summed E-state index contributed by atoms with van der Waals surface area (Å²) in [7, 11) is 0. The van der Waals surface area contributed by atoms with Gasteiger partial charge in [0.25, 0.3) is 0 Å². The fourth-order valence-corrected chi connectivity index (χ4v) is 20.5. The van der Waals surface area contributed by atoms with E-state index in [-0.39, 0.29) is 0 Å². The van der Waals surface area contributed by atoms with Crippen molar-refractivity contribution in [3.05, 3.63) is 48.8 Å². The predicted octanol–water partition coefficient (Wildman–Crippen LogP) is 7.46. The fraction of sp³-hybridized carbons (Fsp3) is 0.519. The summed E-state index contributed by atoms with van der Waals surface area (Å²) in [5.74, 6) is 0.916. The molecule has 0 fully saturated rings. The molecule has 1 aromatic carbocycles. The third kappa shape index (κ3) is 6.06. The molecule has 31 heavy (non-hydrogen) atoms. The van der Waals surface area contributed by atoms with Crippen LogP contribution in [0.5, 0.6) is 5.75 Å². The molecule has 0 unspecified atom stereocenters. The molecule has 0 aliphatic carbocycles. The minimum absolute atomic E-state index is 0.693. The second-order valence-corrected chi connectivity index (χ2v) is 22.1. The first-order valence-corrected chi connectivity index (χ1v) is 19.9. The number of pyridine rings is 1. The van der Waals surface area contributed by atoms with Gasteiger partial charge in [-0.2, -0.15) is 0 Å². The maximum absolute atomic E-state index is 5.59. The Morgan fingerprint density at radius 2 is 1.39 bits per heavy atom. The molecule has 0 saturated carbocycles. The van der Waals surface area contributed by atoms with Gasteiger partial charge in [0.2, 0.25) is 0 Å². The summed E-state index contributed by atoms with van der Waals surface area (Å²) in [5.41, 5.74) is 3.23. The average molecular weight is 527 g/mol. The van der Waals surface area contributed by atoms with Crippen molar-refractivity contribution in [2.75, 3.05) is 6.61 Å². The van der Waals surface area contributed by atoms with Crippen molar-refractivity contribution in [3.8, 4) is 17.0 Å². The molecule has 2 heterocycles. The molecule has 2 aromatic heterocycles. The van der Waals surface area contributed by atoms with E-state index in [1.54, 1.807) is 3.58 Å². The van der Waals surface area contributed by atoms with Gasteiger partial charge in [-0.25, -0.2) is 0 Å². The van der Waals surface area contributed by atoms with E-state index in [9.17, 15) is 0 Å². The summed E-state index contributed by atoms with van der Waals surface area (Å²) in [5, 5.41) is 0. The first-order chi connectivity index (χ1) is 15.2. The molecule has 4 heteroatoms. The zero-order chi connectivity index (χ0) is 22.1. The molecule has 0 aliphatic heterocycles. The molecule has 0 bridgehead atoms. The number of aromatic nitrogens is 2. The van der Waals surface area contributed by atoms with Crippen LogP contribution in [-0.4, -0.2) is 34.4 Å². The minimum atomic E-state index is -2.42. The van der Waals surface area contributed by atoms with Crippen molar-refractivity contribution in [3.63, 3.8) is 0 Å². The molecule has 0 atom stereocenters. The number of imidazole rings is 1. The maximum atomic E-state index is 5.59. The molecule has 0 spiro atoms. The van der Waals surface area contributed by atoms with Gasteiger partial charge in [-0.05, 0) is 0 Å². The predicted molar refractivity (Wildman–Crippen MR) is 136 cm³/mol. The normalized spacial score (nSPS) is 11.9. The Labute approximate surface area is 193 Å². The van der Waals surface area contributed by atoms with E-state index in [1.807, 2.05) is 19.1 Å². The Balaban J connectivity index is 1.95. The van der Waals surface area contributed by atoms with Gasteiger partial charge in [0.15, 0.2) is 0 Å².